The van der Waals surface area contributed by atoms with Crippen molar-refractivity contribution in [1.29, 1.82) is 5.26 Å². The summed E-state index contributed by atoms with van der Waals surface area (Å²) in [5.41, 5.74) is -0.207. The molecule has 94 valence electrons. The van der Waals surface area contributed by atoms with Crippen LogP contribution in [0.15, 0.2) is 0 Å². The molecule has 0 aliphatic rings. The van der Waals surface area contributed by atoms with Gasteiger partial charge in [0.1, 0.15) is 0 Å². The van der Waals surface area contributed by atoms with Crippen LogP contribution in [0.4, 0.5) is 0 Å². The standard InChI is InChI=1S/C13H26N2O/c1-12(2)10-16-9-5-7-15-8-6-13(3,4)11-14/h12,15H,5-10H2,1-4H3. The molecule has 1 N–H and O–H groups in total. The fourth-order valence-electron chi connectivity index (χ4n) is 1.20. The molecule has 0 aromatic rings. The summed E-state index contributed by atoms with van der Waals surface area (Å²) in [4.78, 5) is 0. The highest BCUT2D eigenvalue weighted by molar-refractivity contribution is 4.91. The Hall–Kier alpha value is -0.590. The molecular weight excluding hydrogens is 200 g/mol. The molecule has 0 fully saturated rings. The van der Waals surface area contributed by atoms with Crippen molar-refractivity contribution in [3.63, 3.8) is 0 Å². The van der Waals surface area contributed by atoms with Crippen LogP contribution in [0, 0.1) is 22.7 Å². The maximum atomic E-state index is 8.82. The monoisotopic (exact) mass is 226 g/mol. The molecule has 0 amide bonds. The van der Waals surface area contributed by atoms with Gasteiger partial charge >= 0.3 is 0 Å². The van der Waals surface area contributed by atoms with E-state index in [2.05, 4.69) is 25.2 Å². The minimum Gasteiger partial charge on any atom is -0.381 e. The molecule has 0 saturated carbocycles. The second kappa shape index (κ2) is 8.55. The van der Waals surface area contributed by atoms with Gasteiger partial charge in [0.25, 0.3) is 0 Å². The van der Waals surface area contributed by atoms with Crippen molar-refractivity contribution >= 4 is 0 Å². The van der Waals surface area contributed by atoms with E-state index in [0.29, 0.717) is 5.92 Å². The van der Waals surface area contributed by atoms with Crippen LogP contribution in [0.3, 0.4) is 0 Å². The SMILES string of the molecule is CC(C)COCCCNCCC(C)(C)C#N. The Morgan fingerprint density at radius 1 is 1.31 bits per heavy atom. The molecular formula is C13H26N2O. The van der Waals surface area contributed by atoms with Gasteiger partial charge in [0.05, 0.1) is 11.5 Å². The van der Waals surface area contributed by atoms with E-state index < -0.39 is 0 Å². The van der Waals surface area contributed by atoms with Gasteiger partial charge in [0.2, 0.25) is 0 Å². The van der Waals surface area contributed by atoms with Crippen LogP contribution in [0.25, 0.3) is 0 Å². The topological polar surface area (TPSA) is 45.0 Å². The van der Waals surface area contributed by atoms with E-state index >= 15 is 0 Å². The predicted octanol–water partition coefficient (Wildman–Crippen LogP) is 2.58. The van der Waals surface area contributed by atoms with Gasteiger partial charge in [-0.05, 0) is 45.7 Å². The molecule has 3 nitrogen and oxygen atoms in total. The molecule has 0 rings (SSSR count). The van der Waals surface area contributed by atoms with Crippen molar-refractivity contribution in [2.75, 3.05) is 26.3 Å². The molecule has 0 aromatic carbocycles. The molecule has 0 saturated heterocycles. The zero-order valence-corrected chi connectivity index (χ0v) is 11.2. The maximum absolute atomic E-state index is 8.82. The Labute approximate surface area is 100 Å². The quantitative estimate of drug-likeness (QED) is 0.615. The third-order valence-corrected chi connectivity index (χ3v) is 2.32. The lowest BCUT2D eigenvalue weighted by Crippen LogP contribution is -2.23. The Balaban J connectivity index is 3.20. The molecule has 0 bridgehead atoms. The fraction of sp³-hybridized carbons (Fsp3) is 0.923. The van der Waals surface area contributed by atoms with Crippen molar-refractivity contribution in [1.82, 2.24) is 5.32 Å². The number of nitrogens with one attached hydrogen (secondary N) is 1. The van der Waals surface area contributed by atoms with Crippen LogP contribution in [0.2, 0.25) is 0 Å². The lowest BCUT2D eigenvalue weighted by Gasteiger charge is -2.15. The zero-order valence-electron chi connectivity index (χ0n) is 11.2. The van der Waals surface area contributed by atoms with E-state index in [-0.39, 0.29) is 5.41 Å². The Bertz CT molecular complexity index is 206. The summed E-state index contributed by atoms with van der Waals surface area (Å²) in [6.07, 6.45) is 1.94. The third-order valence-electron chi connectivity index (χ3n) is 2.32. The van der Waals surface area contributed by atoms with E-state index in [4.69, 9.17) is 10.00 Å². The van der Waals surface area contributed by atoms with Gasteiger partial charge in [0, 0.05) is 13.2 Å². The van der Waals surface area contributed by atoms with Gasteiger partial charge in [-0.25, -0.2) is 0 Å². The second-order valence-electron chi connectivity index (χ2n) is 5.32. The summed E-state index contributed by atoms with van der Waals surface area (Å²) in [5, 5.41) is 12.2. The Morgan fingerprint density at radius 2 is 2.00 bits per heavy atom. The molecule has 0 radical (unpaired) electrons. The number of ether oxygens (including phenoxy) is 1. The number of hydrogen-bond acceptors (Lipinski definition) is 3. The number of rotatable bonds is 9. The fourth-order valence-corrected chi connectivity index (χ4v) is 1.20. The molecule has 0 atom stereocenters. The largest absolute Gasteiger partial charge is 0.381 e. The summed E-state index contributed by atoms with van der Waals surface area (Å²) in [6, 6.07) is 2.30. The maximum Gasteiger partial charge on any atom is 0.0684 e. The minimum absolute atomic E-state index is 0.207. The summed E-state index contributed by atoms with van der Waals surface area (Å²) < 4.78 is 5.47. The lowest BCUT2D eigenvalue weighted by molar-refractivity contribution is 0.108. The summed E-state index contributed by atoms with van der Waals surface area (Å²) in [7, 11) is 0. The van der Waals surface area contributed by atoms with Crippen LogP contribution in [0.1, 0.15) is 40.5 Å². The average Bonchev–Trinajstić information content (AvgIpc) is 2.21. The minimum atomic E-state index is -0.207. The first-order chi connectivity index (χ1) is 7.48. The van der Waals surface area contributed by atoms with E-state index in [0.717, 1.165) is 39.1 Å². The summed E-state index contributed by atoms with van der Waals surface area (Å²) in [6.45, 7) is 11.8. The molecule has 0 aliphatic heterocycles. The van der Waals surface area contributed by atoms with Crippen molar-refractivity contribution in [2.45, 2.75) is 40.5 Å². The molecule has 0 aromatic heterocycles. The highest BCUT2D eigenvalue weighted by Crippen LogP contribution is 2.16. The number of hydrogen-bond donors (Lipinski definition) is 1. The van der Waals surface area contributed by atoms with Gasteiger partial charge < -0.3 is 10.1 Å². The lowest BCUT2D eigenvalue weighted by atomic mass is 9.91. The van der Waals surface area contributed by atoms with E-state index in [1.807, 2.05) is 13.8 Å². The van der Waals surface area contributed by atoms with Crippen LogP contribution >= 0.6 is 0 Å². The van der Waals surface area contributed by atoms with Crippen molar-refractivity contribution in [3.05, 3.63) is 0 Å². The van der Waals surface area contributed by atoms with E-state index in [1.54, 1.807) is 0 Å². The Morgan fingerprint density at radius 3 is 2.56 bits per heavy atom. The first kappa shape index (κ1) is 15.4. The molecule has 0 unspecified atom stereocenters. The van der Waals surface area contributed by atoms with E-state index in [1.165, 1.54) is 0 Å². The smallest absolute Gasteiger partial charge is 0.0684 e. The zero-order chi connectivity index (χ0) is 12.4. The predicted molar refractivity (Wildman–Crippen MR) is 67.2 cm³/mol. The van der Waals surface area contributed by atoms with Crippen LogP contribution < -0.4 is 5.32 Å². The highest BCUT2D eigenvalue weighted by Gasteiger charge is 2.14. The van der Waals surface area contributed by atoms with Gasteiger partial charge in [-0.1, -0.05) is 13.8 Å². The molecule has 3 heteroatoms. The summed E-state index contributed by atoms with van der Waals surface area (Å²) >= 11 is 0. The Kier molecular flexibility index (Phi) is 8.23. The van der Waals surface area contributed by atoms with Gasteiger partial charge in [-0.2, -0.15) is 5.26 Å². The normalized spacial score (nSPS) is 11.8. The first-order valence-corrected chi connectivity index (χ1v) is 6.17. The van der Waals surface area contributed by atoms with Crippen molar-refractivity contribution in [3.8, 4) is 6.07 Å². The molecule has 0 heterocycles. The summed E-state index contributed by atoms with van der Waals surface area (Å²) in [5.74, 6) is 0.615. The number of nitriles is 1. The number of nitrogens with zero attached hydrogens (tertiary/aromatic N) is 1. The van der Waals surface area contributed by atoms with E-state index in [9.17, 15) is 0 Å². The van der Waals surface area contributed by atoms with Crippen LogP contribution in [0.5, 0.6) is 0 Å². The molecule has 16 heavy (non-hydrogen) atoms. The molecule has 0 aliphatic carbocycles. The van der Waals surface area contributed by atoms with Crippen molar-refractivity contribution in [2.24, 2.45) is 11.3 Å². The van der Waals surface area contributed by atoms with Gasteiger partial charge in [-0.3, -0.25) is 0 Å². The van der Waals surface area contributed by atoms with Crippen LogP contribution in [-0.4, -0.2) is 26.3 Å². The first-order valence-electron chi connectivity index (χ1n) is 6.17. The van der Waals surface area contributed by atoms with Crippen molar-refractivity contribution < 1.29 is 4.74 Å². The third kappa shape index (κ3) is 9.95. The van der Waals surface area contributed by atoms with Crippen LogP contribution in [-0.2, 0) is 4.74 Å². The second-order valence-corrected chi connectivity index (χ2v) is 5.32. The molecule has 0 spiro atoms. The highest BCUT2D eigenvalue weighted by atomic mass is 16.5. The van der Waals surface area contributed by atoms with Gasteiger partial charge in [-0.15, -0.1) is 0 Å². The average molecular weight is 226 g/mol. The van der Waals surface area contributed by atoms with Gasteiger partial charge in [0.15, 0.2) is 0 Å².